The minimum absolute atomic E-state index is 0. The Bertz CT molecular complexity index is 663. The molecule has 0 heterocycles. The fourth-order valence-electron chi connectivity index (χ4n) is 3.51. The van der Waals surface area contributed by atoms with Gasteiger partial charge in [0, 0.05) is 6.54 Å². The molecule has 0 saturated carbocycles. The van der Waals surface area contributed by atoms with Gasteiger partial charge in [0.2, 0.25) is 0 Å². The van der Waals surface area contributed by atoms with E-state index in [9.17, 15) is 0 Å². The molecule has 26 heavy (non-hydrogen) atoms. The van der Waals surface area contributed by atoms with Gasteiger partial charge < -0.3 is 28.9 Å². The molecule has 0 atom stereocenters. The Kier molecular flexibility index (Phi) is 8.27. The first-order valence-electron chi connectivity index (χ1n) is 8.93. The third kappa shape index (κ3) is 4.73. The molecule has 0 radical (unpaired) electrons. The molecule has 0 saturated heterocycles. The third-order valence-electron chi connectivity index (χ3n) is 4.69. The van der Waals surface area contributed by atoms with Gasteiger partial charge in [-0.05, 0) is 56.9 Å². The summed E-state index contributed by atoms with van der Waals surface area (Å²) < 4.78 is 0. The smallest absolute Gasteiger partial charge is 0.112 e. The molecule has 3 aromatic rings. The Morgan fingerprint density at radius 2 is 0.962 bits per heavy atom. The molecule has 0 unspecified atom stereocenters. The molecular weight excluding hydrogens is 448 g/mol. The Morgan fingerprint density at radius 1 is 0.615 bits per heavy atom. The van der Waals surface area contributed by atoms with Gasteiger partial charge in [0.1, 0.15) is 23.2 Å². The largest absolute Gasteiger partial charge is 1.00 e. The van der Waals surface area contributed by atoms with Crippen molar-refractivity contribution in [2.24, 2.45) is 0 Å². The van der Waals surface area contributed by atoms with Gasteiger partial charge in [-0.2, -0.15) is 0 Å². The standard InChI is InChI=1S/C23H27NP.HI/c1-24(2)19-12-20-25(21-13-6-3-7-14-21,22-15-8-4-9-16-22)23-17-10-5-11-18-23;/h3-11,13-18H,12,19-20H2,1-2H3;1H/q+1;/p-1. The molecule has 0 aliphatic rings. The first-order chi connectivity index (χ1) is 12.2. The lowest BCUT2D eigenvalue weighted by Gasteiger charge is -2.28. The minimum atomic E-state index is -1.64. The van der Waals surface area contributed by atoms with Gasteiger partial charge in [-0.15, -0.1) is 0 Å². The number of rotatable bonds is 7. The van der Waals surface area contributed by atoms with E-state index in [0.29, 0.717) is 0 Å². The minimum Gasteiger partial charge on any atom is -1.00 e. The molecular formula is C23H27INP. The Hall–Kier alpha value is -1.22. The zero-order chi connectivity index (χ0) is 17.5. The number of benzene rings is 3. The van der Waals surface area contributed by atoms with Crippen molar-refractivity contribution in [3.63, 3.8) is 0 Å². The molecule has 0 aliphatic carbocycles. The zero-order valence-electron chi connectivity index (χ0n) is 15.6. The number of hydrogen-bond acceptors (Lipinski definition) is 1. The first-order valence-corrected chi connectivity index (χ1v) is 10.9. The van der Waals surface area contributed by atoms with Crippen molar-refractivity contribution in [2.45, 2.75) is 6.42 Å². The second-order valence-electron chi connectivity index (χ2n) is 6.70. The van der Waals surface area contributed by atoms with Crippen molar-refractivity contribution >= 4 is 23.2 Å². The van der Waals surface area contributed by atoms with Crippen molar-refractivity contribution in [3.8, 4) is 0 Å². The van der Waals surface area contributed by atoms with Crippen LogP contribution in [0.5, 0.6) is 0 Å². The highest BCUT2D eigenvalue weighted by atomic mass is 127. The molecule has 0 bridgehead atoms. The van der Waals surface area contributed by atoms with E-state index in [1.807, 2.05) is 0 Å². The van der Waals surface area contributed by atoms with Gasteiger partial charge in [0.25, 0.3) is 0 Å². The average molecular weight is 475 g/mol. The van der Waals surface area contributed by atoms with E-state index in [0.717, 1.165) is 6.54 Å². The molecule has 3 heteroatoms. The van der Waals surface area contributed by atoms with Crippen LogP contribution in [0.2, 0.25) is 0 Å². The Morgan fingerprint density at radius 3 is 1.27 bits per heavy atom. The van der Waals surface area contributed by atoms with Gasteiger partial charge in [-0.3, -0.25) is 0 Å². The van der Waals surface area contributed by atoms with Crippen molar-refractivity contribution < 1.29 is 24.0 Å². The monoisotopic (exact) mass is 475 g/mol. The van der Waals surface area contributed by atoms with Crippen molar-refractivity contribution in [1.82, 2.24) is 4.90 Å². The summed E-state index contributed by atoms with van der Waals surface area (Å²) in [5.41, 5.74) is 0. The summed E-state index contributed by atoms with van der Waals surface area (Å²) in [7, 11) is 2.68. The molecule has 0 spiro atoms. The van der Waals surface area contributed by atoms with Gasteiger partial charge in [-0.25, -0.2) is 0 Å². The maximum Gasteiger partial charge on any atom is 0.112 e. The second-order valence-corrected chi connectivity index (χ2v) is 10.3. The first kappa shape index (κ1) is 21.1. The second kappa shape index (κ2) is 10.2. The molecule has 3 aromatic carbocycles. The van der Waals surface area contributed by atoms with Gasteiger partial charge in [0.15, 0.2) is 0 Å². The quantitative estimate of drug-likeness (QED) is 0.363. The Labute approximate surface area is 175 Å². The summed E-state index contributed by atoms with van der Waals surface area (Å²) in [6.07, 6.45) is 2.39. The molecule has 136 valence electrons. The summed E-state index contributed by atoms with van der Waals surface area (Å²) in [5.74, 6) is 0. The van der Waals surface area contributed by atoms with Crippen LogP contribution < -0.4 is 39.9 Å². The van der Waals surface area contributed by atoms with Crippen LogP contribution in [0, 0.1) is 0 Å². The average Bonchev–Trinajstić information content (AvgIpc) is 2.67. The number of hydrogen-bond donors (Lipinski definition) is 0. The number of nitrogens with zero attached hydrogens (tertiary/aromatic N) is 1. The summed E-state index contributed by atoms with van der Waals surface area (Å²) in [5, 5.41) is 4.43. The maximum atomic E-state index is 2.32. The van der Waals surface area contributed by atoms with Crippen LogP contribution in [0.4, 0.5) is 0 Å². The van der Waals surface area contributed by atoms with Crippen molar-refractivity contribution in [1.29, 1.82) is 0 Å². The highest BCUT2D eigenvalue weighted by molar-refractivity contribution is 7.95. The van der Waals surface area contributed by atoms with Crippen LogP contribution in [-0.2, 0) is 0 Å². The summed E-state index contributed by atoms with van der Waals surface area (Å²) in [4.78, 5) is 2.29. The normalized spacial score (nSPS) is 11.2. The fraction of sp³-hybridized carbons (Fsp3) is 0.217. The molecule has 0 N–H and O–H groups in total. The van der Waals surface area contributed by atoms with Crippen molar-refractivity contribution in [2.75, 3.05) is 26.8 Å². The van der Waals surface area contributed by atoms with Crippen LogP contribution in [0.15, 0.2) is 91.0 Å². The van der Waals surface area contributed by atoms with Gasteiger partial charge in [-0.1, -0.05) is 54.6 Å². The highest BCUT2D eigenvalue weighted by Crippen LogP contribution is 2.55. The van der Waals surface area contributed by atoms with E-state index < -0.39 is 7.26 Å². The predicted molar refractivity (Wildman–Crippen MR) is 113 cm³/mol. The van der Waals surface area contributed by atoms with E-state index in [1.165, 1.54) is 28.5 Å². The summed E-state index contributed by atoms with van der Waals surface area (Å²) >= 11 is 0. The van der Waals surface area contributed by atoms with E-state index in [2.05, 4.69) is 110 Å². The zero-order valence-corrected chi connectivity index (χ0v) is 18.6. The van der Waals surface area contributed by atoms with E-state index in [-0.39, 0.29) is 24.0 Å². The van der Waals surface area contributed by atoms with Crippen LogP contribution in [0.25, 0.3) is 0 Å². The molecule has 1 nitrogen and oxygen atoms in total. The molecule has 0 amide bonds. The van der Waals surface area contributed by atoms with Crippen LogP contribution in [-0.4, -0.2) is 31.7 Å². The highest BCUT2D eigenvalue weighted by Gasteiger charge is 2.44. The lowest BCUT2D eigenvalue weighted by Crippen LogP contribution is -3.00. The summed E-state index contributed by atoms with van der Waals surface area (Å²) in [6, 6.07) is 33.4. The van der Waals surface area contributed by atoms with Crippen LogP contribution in [0.1, 0.15) is 6.42 Å². The lowest BCUT2D eigenvalue weighted by atomic mass is 10.3. The van der Waals surface area contributed by atoms with E-state index in [4.69, 9.17) is 0 Å². The van der Waals surface area contributed by atoms with Gasteiger partial charge >= 0.3 is 0 Å². The van der Waals surface area contributed by atoms with E-state index >= 15 is 0 Å². The fourth-order valence-corrected chi connectivity index (χ4v) is 7.83. The van der Waals surface area contributed by atoms with Crippen LogP contribution >= 0.6 is 7.26 Å². The third-order valence-corrected chi connectivity index (χ3v) is 9.22. The lowest BCUT2D eigenvalue weighted by molar-refractivity contribution is -0.00000503. The topological polar surface area (TPSA) is 3.24 Å². The number of halogens is 1. The van der Waals surface area contributed by atoms with Crippen LogP contribution in [0.3, 0.4) is 0 Å². The predicted octanol–water partition coefficient (Wildman–Crippen LogP) is 0.936. The molecule has 0 aromatic heterocycles. The Balaban J connectivity index is 0.00000243. The molecule has 3 rings (SSSR count). The van der Waals surface area contributed by atoms with Crippen molar-refractivity contribution in [3.05, 3.63) is 91.0 Å². The van der Waals surface area contributed by atoms with Gasteiger partial charge in [0.05, 0.1) is 6.16 Å². The SMILES string of the molecule is CN(C)CCC[P+](c1ccccc1)(c1ccccc1)c1ccccc1.[I-]. The maximum absolute atomic E-state index is 2.32. The molecule has 0 fully saturated rings. The summed E-state index contributed by atoms with van der Waals surface area (Å²) in [6.45, 7) is 1.12. The van der Waals surface area contributed by atoms with E-state index in [1.54, 1.807) is 0 Å². The molecule has 0 aliphatic heterocycles.